The summed E-state index contributed by atoms with van der Waals surface area (Å²) in [6, 6.07) is 2.95. The topological polar surface area (TPSA) is 96.7 Å². The zero-order valence-corrected chi connectivity index (χ0v) is 15.8. The number of benzene rings is 1. The fourth-order valence-electron chi connectivity index (χ4n) is 2.65. The van der Waals surface area contributed by atoms with Crippen LogP contribution in [0.5, 0.6) is 5.75 Å². The number of nitrogens with zero attached hydrogens (tertiary/aromatic N) is 2. The van der Waals surface area contributed by atoms with Crippen molar-refractivity contribution in [2.75, 3.05) is 45.9 Å². The summed E-state index contributed by atoms with van der Waals surface area (Å²) in [4.78, 5) is 24.8. The number of hydrogen-bond donors (Lipinski definition) is 2. The summed E-state index contributed by atoms with van der Waals surface area (Å²) in [5, 5.41) is 16.9. The van der Waals surface area contributed by atoms with Crippen molar-refractivity contribution in [1.29, 1.82) is 0 Å². The number of hydrogen-bond acceptors (Lipinski definition) is 6. The number of amides is 1. The first-order valence-electron chi connectivity index (χ1n) is 8.45. The first kappa shape index (κ1) is 23.9. The number of carbonyl (C=O) groups excluding carboxylic acids is 1. The third-order valence-corrected chi connectivity index (χ3v) is 3.96. The van der Waals surface area contributed by atoms with Gasteiger partial charge in [-0.1, -0.05) is 0 Å². The molecule has 12 heteroatoms. The Morgan fingerprint density at radius 3 is 2.61 bits per heavy atom. The Labute approximate surface area is 166 Å². The molecule has 2 N–H and O–H groups in total. The van der Waals surface area contributed by atoms with E-state index in [4.69, 9.17) is 0 Å². The average molecular weight is 427 g/mol. The molecule has 1 aromatic carbocycles. The Hall–Kier alpha value is -2.11. The molecule has 0 radical (unpaired) electrons. The van der Waals surface area contributed by atoms with E-state index < -0.39 is 29.3 Å². The summed E-state index contributed by atoms with van der Waals surface area (Å²) >= 11 is 0. The van der Waals surface area contributed by atoms with Gasteiger partial charge in [-0.15, -0.1) is 12.4 Å². The van der Waals surface area contributed by atoms with Gasteiger partial charge in [-0.2, -0.15) is 13.2 Å². The molecule has 1 saturated heterocycles. The van der Waals surface area contributed by atoms with E-state index in [1.807, 2.05) is 0 Å². The van der Waals surface area contributed by atoms with Gasteiger partial charge in [-0.25, -0.2) is 0 Å². The molecule has 1 heterocycles. The lowest BCUT2D eigenvalue weighted by atomic mass is 10.1. The van der Waals surface area contributed by atoms with Gasteiger partial charge in [0.25, 0.3) is 11.6 Å². The van der Waals surface area contributed by atoms with Crippen LogP contribution in [-0.2, 0) is 0 Å². The number of rotatable bonds is 8. The van der Waals surface area contributed by atoms with Gasteiger partial charge in [0.15, 0.2) is 6.61 Å². The lowest BCUT2D eigenvalue weighted by Gasteiger charge is -2.27. The van der Waals surface area contributed by atoms with Gasteiger partial charge in [0.05, 0.1) is 4.92 Å². The van der Waals surface area contributed by atoms with E-state index in [0.717, 1.165) is 50.9 Å². The molecule has 0 saturated carbocycles. The highest BCUT2D eigenvalue weighted by molar-refractivity contribution is 5.98. The van der Waals surface area contributed by atoms with Crippen LogP contribution < -0.4 is 15.4 Å². The van der Waals surface area contributed by atoms with Crippen LogP contribution in [0.2, 0.25) is 0 Å². The van der Waals surface area contributed by atoms with Crippen LogP contribution in [0, 0.1) is 10.1 Å². The van der Waals surface area contributed by atoms with Gasteiger partial charge in [0, 0.05) is 38.8 Å². The number of nitrogens with one attached hydrogen (secondary N) is 2. The molecule has 8 nitrogen and oxygen atoms in total. The second kappa shape index (κ2) is 11.0. The van der Waals surface area contributed by atoms with Crippen LogP contribution in [0.4, 0.5) is 18.9 Å². The van der Waals surface area contributed by atoms with Crippen molar-refractivity contribution < 1.29 is 27.6 Å². The summed E-state index contributed by atoms with van der Waals surface area (Å²) in [5.74, 6) is -0.983. The minimum absolute atomic E-state index is 0. The zero-order valence-electron chi connectivity index (χ0n) is 15.0. The molecular formula is C16H22ClF3N4O4. The van der Waals surface area contributed by atoms with Crippen LogP contribution in [0.25, 0.3) is 0 Å². The monoisotopic (exact) mass is 426 g/mol. The normalized spacial score (nSPS) is 14.8. The standard InChI is InChI=1S/C16H21F3N4O4.ClH/c17-16(18,19)11-27-12-2-3-14(23(25)26)13(10-12)15(24)21-4-1-7-22-8-5-20-6-9-22;/h2-3,10,20H,1,4-9,11H2,(H,21,24);1H. The van der Waals surface area contributed by atoms with Gasteiger partial charge in [0.2, 0.25) is 0 Å². The van der Waals surface area contributed by atoms with Crippen molar-refractivity contribution in [3.8, 4) is 5.75 Å². The summed E-state index contributed by atoms with van der Waals surface area (Å²) < 4.78 is 41.3. The lowest BCUT2D eigenvalue weighted by Crippen LogP contribution is -2.44. The Bertz CT molecular complexity index is 670. The highest BCUT2D eigenvalue weighted by atomic mass is 35.5. The molecule has 1 fully saturated rings. The number of halogens is 4. The minimum atomic E-state index is -4.55. The number of ether oxygens (including phenoxy) is 1. The summed E-state index contributed by atoms with van der Waals surface area (Å²) in [7, 11) is 0. The predicted molar refractivity (Wildman–Crippen MR) is 98.2 cm³/mol. The zero-order chi connectivity index (χ0) is 19.9. The fourth-order valence-corrected chi connectivity index (χ4v) is 2.65. The average Bonchev–Trinajstić information content (AvgIpc) is 2.63. The van der Waals surface area contributed by atoms with Gasteiger partial charge in [0.1, 0.15) is 11.3 Å². The predicted octanol–water partition coefficient (Wildman–Crippen LogP) is 1.98. The SMILES string of the molecule is Cl.O=C(NCCCN1CCNCC1)c1cc(OCC(F)(F)F)ccc1[N+](=O)[O-]. The van der Waals surface area contributed by atoms with E-state index in [-0.39, 0.29) is 23.7 Å². The van der Waals surface area contributed by atoms with Crippen molar-refractivity contribution in [1.82, 2.24) is 15.5 Å². The quantitative estimate of drug-likeness (QED) is 0.375. The molecule has 0 aliphatic carbocycles. The van der Waals surface area contributed by atoms with Crippen molar-refractivity contribution in [2.24, 2.45) is 0 Å². The second-order valence-corrected chi connectivity index (χ2v) is 6.04. The highest BCUT2D eigenvalue weighted by Crippen LogP contribution is 2.25. The van der Waals surface area contributed by atoms with E-state index in [0.29, 0.717) is 13.0 Å². The summed E-state index contributed by atoms with van der Waals surface area (Å²) in [5.41, 5.74) is -0.823. The van der Waals surface area contributed by atoms with Gasteiger partial charge in [-0.05, 0) is 25.1 Å². The largest absolute Gasteiger partial charge is 0.484 e. The number of carbonyl (C=O) groups is 1. The number of nitro benzene ring substituents is 1. The maximum atomic E-state index is 12.3. The number of alkyl halides is 3. The van der Waals surface area contributed by atoms with Crippen molar-refractivity contribution in [2.45, 2.75) is 12.6 Å². The molecule has 158 valence electrons. The third kappa shape index (κ3) is 7.87. The van der Waals surface area contributed by atoms with E-state index >= 15 is 0 Å². The van der Waals surface area contributed by atoms with E-state index in [9.17, 15) is 28.1 Å². The molecule has 2 rings (SSSR count). The maximum Gasteiger partial charge on any atom is 0.422 e. The van der Waals surface area contributed by atoms with Crippen LogP contribution in [0.15, 0.2) is 18.2 Å². The Balaban J connectivity index is 0.00000392. The second-order valence-electron chi connectivity index (χ2n) is 6.04. The molecule has 1 aromatic rings. The maximum absolute atomic E-state index is 12.3. The van der Waals surface area contributed by atoms with Crippen LogP contribution in [0.3, 0.4) is 0 Å². The highest BCUT2D eigenvalue weighted by Gasteiger charge is 2.29. The number of piperazine rings is 1. The Kier molecular flexibility index (Phi) is 9.42. The fraction of sp³-hybridized carbons (Fsp3) is 0.562. The van der Waals surface area contributed by atoms with Gasteiger partial charge < -0.3 is 20.3 Å². The van der Waals surface area contributed by atoms with Crippen LogP contribution in [0.1, 0.15) is 16.8 Å². The molecule has 1 aliphatic heterocycles. The molecule has 0 spiro atoms. The Morgan fingerprint density at radius 2 is 2.00 bits per heavy atom. The van der Waals surface area contributed by atoms with Crippen molar-refractivity contribution in [3.63, 3.8) is 0 Å². The van der Waals surface area contributed by atoms with Crippen molar-refractivity contribution >= 4 is 24.0 Å². The first-order valence-corrected chi connectivity index (χ1v) is 8.45. The number of nitro groups is 1. The molecule has 0 unspecified atom stereocenters. The molecule has 28 heavy (non-hydrogen) atoms. The third-order valence-electron chi connectivity index (χ3n) is 3.96. The molecule has 0 aromatic heterocycles. The van der Waals surface area contributed by atoms with Gasteiger partial charge in [-0.3, -0.25) is 14.9 Å². The summed E-state index contributed by atoms with van der Waals surface area (Å²) in [6.45, 7) is 3.17. The van der Waals surface area contributed by atoms with E-state index in [2.05, 4.69) is 20.3 Å². The molecule has 1 aliphatic rings. The minimum Gasteiger partial charge on any atom is -0.484 e. The lowest BCUT2D eigenvalue weighted by molar-refractivity contribution is -0.385. The molecular weight excluding hydrogens is 405 g/mol. The molecule has 0 atom stereocenters. The van der Waals surface area contributed by atoms with Gasteiger partial charge >= 0.3 is 6.18 Å². The van der Waals surface area contributed by atoms with Crippen LogP contribution in [-0.4, -0.2) is 67.8 Å². The molecule has 0 bridgehead atoms. The van der Waals surface area contributed by atoms with Crippen molar-refractivity contribution in [3.05, 3.63) is 33.9 Å². The summed E-state index contributed by atoms with van der Waals surface area (Å²) in [6.07, 6.45) is -3.89. The van der Waals surface area contributed by atoms with E-state index in [1.54, 1.807) is 0 Å². The van der Waals surface area contributed by atoms with Crippen LogP contribution >= 0.6 is 12.4 Å². The molecule has 1 amide bonds. The van der Waals surface area contributed by atoms with E-state index in [1.165, 1.54) is 0 Å². The Morgan fingerprint density at radius 1 is 1.32 bits per heavy atom. The first-order chi connectivity index (χ1) is 12.8. The smallest absolute Gasteiger partial charge is 0.422 e.